The van der Waals surface area contributed by atoms with E-state index < -0.39 is 6.09 Å². The summed E-state index contributed by atoms with van der Waals surface area (Å²) in [6.45, 7) is 7.69. The summed E-state index contributed by atoms with van der Waals surface area (Å²) in [7, 11) is 0. The Hall–Kier alpha value is -0.840. The van der Waals surface area contributed by atoms with Crippen molar-refractivity contribution in [3.8, 4) is 0 Å². The number of hydrogen-bond donors (Lipinski definition) is 2. The van der Waals surface area contributed by atoms with Gasteiger partial charge < -0.3 is 15.8 Å². The first-order valence-corrected chi connectivity index (χ1v) is 4.91. The standard InChI is InChI=1S/C9H18N2O2S/c1-6(2)13-8(12)11-5-9(3,4)7(10)14/h6H,5H2,1-4H3,(H2,10,14)(H,11,12). The Morgan fingerprint density at radius 3 is 2.43 bits per heavy atom. The zero-order valence-electron chi connectivity index (χ0n) is 9.09. The number of carbonyl (C=O) groups excluding carboxylic acids is 1. The Bertz CT molecular complexity index is 227. The summed E-state index contributed by atoms with van der Waals surface area (Å²) in [5, 5.41) is 2.61. The Kier molecular flexibility index (Phi) is 4.83. The highest BCUT2D eigenvalue weighted by molar-refractivity contribution is 7.80. The molecule has 0 unspecified atom stereocenters. The molecule has 5 heteroatoms. The molecular formula is C9H18N2O2S. The van der Waals surface area contributed by atoms with Gasteiger partial charge in [0, 0.05) is 12.0 Å². The van der Waals surface area contributed by atoms with Gasteiger partial charge in [-0.15, -0.1) is 0 Å². The van der Waals surface area contributed by atoms with Crippen molar-refractivity contribution in [1.82, 2.24) is 5.32 Å². The second-order valence-electron chi connectivity index (χ2n) is 4.06. The topological polar surface area (TPSA) is 64.3 Å². The highest BCUT2D eigenvalue weighted by Gasteiger charge is 2.22. The van der Waals surface area contributed by atoms with Gasteiger partial charge in [-0.05, 0) is 13.8 Å². The van der Waals surface area contributed by atoms with E-state index in [4.69, 9.17) is 22.7 Å². The molecule has 0 aromatic carbocycles. The SMILES string of the molecule is CC(C)OC(=O)NCC(C)(C)C(N)=S. The molecule has 14 heavy (non-hydrogen) atoms. The molecule has 4 nitrogen and oxygen atoms in total. The van der Waals surface area contributed by atoms with Crippen LogP contribution in [0.3, 0.4) is 0 Å². The summed E-state index contributed by atoms with van der Waals surface area (Å²) in [4.78, 5) is 11.5. The Morgan fingerprint density at radius 2 is 2.07 bits per heavy atom. The van der Waals surface area contributed by atoms with Gasteiger partial charge in [-0.3, -0.25) is 0 Å². The maximum absolute atomic E-state index is 11.1. The number of nitrogens with two attached hydrogens (primary N) is 1. The fourth-order valence-corrected chi connectivity index (χ4v) is 0.708. The largest absolute Gasteiger partial charge is 0.447 e. The molecule has 3 N–H and O–H groups in total. The summed E-state index contributed by atoms with van der Waals surface area (Å²) < 4.78 is 4.89. The normalized spacial score (nSPS) is 11.2. The van der Waals surface area contributed by atoms with E-state index in [0.717, 1.165) is 0 Å². The van der Waals surface area contributed by atoms with Crippen LogP contribution in [-0.2, 0) is 4.74 Å². The molecule has 0 radical (unpaired) electrons. The number of thiocarbonyl (C=S) groups is 1. The number of amides is 1. The van der Waals surface area contributed by atoms with E-state index in [-0.39, 0.29) is 11.5 Å². The maximum Gasteiger partial charge on any atom is 0.407 e. The molecule has 0 aliphatic rings. The third kappa shape index (κ3) is 5.01. The fraction of sp³-hybridized carbons (Fsp3) is 0.778. The van der Waals surface area contributed by atoms with Crippen molar-refractivity contribution in [3.63, 3.8) is 0 Å². The second-order valence-corrected chi connectivity index (χ2v) is 4.50. The second kappa shape index (κ2) is 5.14. The van der Waals surface area contributed by atoms with Crippen LogP contribution in [0.25, 0.3) is 0 Å². The van der Waals surface area contributed by atoms with Crippen LogP contribution < -0.4 is 11.1 Å². The third-order valence-electron chi connectivity index (χ3n) is 1.68. The van der Waals surface area contributed by atoms with Crippen LogP contribution in [0.5, 0.6) is 0 Å². The van der Waals surface area contributed by atoms with E-state index >= 15 is 0 Å². The molecule has 0 aromatic rings. The van der Waals surface area contributed by atoms with Gasteiger partial charge in [-0.2, -0.15) is 0 Å². The Labute approximate surface area is 90.2 Å². The lowest BCUT2D eigenvalue weighted by Crippen LogP contribution is -2.42. The number of nitrogens with one attached hydrogen (secondary N) is 1. The van der Waals surface area contributed by atoms with E-state index in [9.17, 15) is 4.79 Å². The average Bonchev–Trinajstić information content (AvgIpc) is 1.99. The lowest BCUT2D eigenvalue weighted by Gasteiger charge is -2.23. The molecule has 0 aromatic heterocycles. The molecular weight excluding hydrogens is 200 g/mol. The Morgan fingerprint density at radius 1 is 1.57 bits per heavy atom. The summed E-state index contributed by atoms with van der Waals surface area (Å²) in [6, 6.07) is 0. The van der Waals surface area contributed by atoms with Crippen LogP contribution in [-0.4, -0.2) is 23.7 Å². The van der Waals surface area contributed by atoms with E-state index in [1.165, 1.54) is 0 Å². The summed E-state index contributed by atoms with van der Waals surface area (Å²) in [5.41, 5.74) is 5.11. The van der Waals surface area contributed by atoms with Gasteiger partial charge in [-0.1, -0.05) is 26.1 Å². The first-order valence-electron chi connectivity index (χ1n) is 4.50. The van der Waals surface area contributed by atoms with Crippen LogP contribution in [0.4, 0.5) is 4.79 Å². The number of rotatable bonds is 4. The van der Waals surface area contributed by atoms with Crippen LogP contribution in [0.15, 0.2) is 0 Å². The average molecular weight is 218 g/mol. The minimum absolute atomic E-state index is 0.122. The lowest BCUT2D eigenvalue weighted by molar-refractivity contribution is 0.114. The zero-order chi connectivity index (χ0) is 11.4. The summed E-state index contributed by atoms with van der Waals surface area (Å²) in [5.74, 6) is 0. The minimum atomic E-state index is -0.440. The molecule has 0 aliphatic heterocycles. The van der Waals surface area contributed by atoms with Crippen molar-refractivity contribution in [2.24, 2.45) is 11.1 Å². The van der Waals surface area contributed by atoms with Gasteiger partial charge in [0.05, 0.1) is 11.1 Å². The van der Waals surface area contributed by atoms with Gasteiger partial charge in [-0.25, -0.2) is 4.79 Å². The smallest absolute Gasteiger partial charge is 0.407 e. The van der Waals surface area contributed by atoms with Gasteiger partial charge in [0.1, 0.15) is 0 Å². The molecule has 0 spiro atoms. The minimum Gasteiger partial charge on any atom is -0.447 e. The number of alkyl carbamates (subject to hydrolysis) is 1. The highest BCUT2D eigenvalue weighted by atomic mass is 32.1. The lowest BCUT2D eigenvalue weighted by atomic mass is 9.94. The van der Waals surface area contributed by atoms with Crippen molar-refractivity contribution < 1.29 is 9.53 Å². The van der Waals surface area contributed by atoms with Crippen molar-refractivity contribution in [1.29, 1.82) is 0 Å². The number of ether oxygens (including phenoxy) is 1. The quantitative estimate of drug-likeness (QED) is 0.701. The third-order valence-corrected chi connectivity index (χ3v) is 2.24. The van der Waals surface area contributed by atoms with Gasteiger partial charge in [0.25, 0.3) is 0 Å². The molecule has 0 bridgehead atoms. The zero-order valence-corrected chi connectivity index (χ0v) is 9.90. The van der Waals surface area contributed by atoms with E-state index in [0.29, 0.717) is 11.5 Å². The first-order chi connectivity index (χ1) is 6.25. The highest BCUT2D eigenvalue weighted by Crippen LogP contribution is 2.13. The molecule has 0 saturated carbocycles. The molecule has 1 amide bonds. The van der Waals surface area contributed by atoms with Crippen LogP contribution >= 0.6 is 12.2 Å². The molecule has 0 atom stereocenters. The van der Waals surface area contributed by atoms with Crippen LogP contribution in [0.1, 0.15) is 27.7 Å². The van der Waals surface area contributed by atoms with Crippen molar-refractivity contribution in [3.05, 3.63) is 0 Å². The van der Waals surface area contributed by atoms with E-state index in [2.05, 4.69) is 5.32 Å². The molecule has 0 heterocycles. The van der Waals surface area contributed by atoms with Crippen molar-refractivity contribution in [2.45, 2.75) is 33.8 Å². The van der Waals surface area contributed by atoms with Gasteiger partial charge in [0.2, 0.25) is 0 Å². The van der Waals surface area contributed by atoms with E-state index in [1.807, 2.05) is 13.8 Å². The van der Waals surface area contributed by atoms with Crippen molar-refractivity contribution >= 4 is 23.3 Å². The fourth-order valence-electron chi connectivity index (χ4n) is 0.636. The van der Waals surface area contributed by atoms with Crippen molar-refractivity contribution in [2.75, 3.05) is 6.54 Å². The monoisotopic (exact) mass is 218 g/mol. The van der Waals surface area contributed by atoms with Crippen LogP contribution in [0, 0.1) is 5.41 Å². The first kappa shape index (κ1) is 13.2. The summed E-state index contributed by atoms with van der Waals surface area (Å²) in [6.07, 6.45) is -0.563. The van der Waals surface area contributed by atoms with Crippen LogP contribution in [0.2, 0.25) is 0 Å². The Balaban J connectivity index is 3.94. The maximum atomic E-state index is 11.1. The molecule has 0 rings (SSSR count). The molecule has 82 valence electrons. The number of carbonyl (C=O) groups is 1. The van der Waals surface area contributed by atoms with E-state index in [1.54, 1.807) is 13.8 Å². The molecule has 0 fully saturated rings. The molecule has 0 aliphatic carbocycles. The van der Waals surface area contributed by atoms with Gasteiger partial charge in [0.15, 0.2) is 0 Å². The summed E-state index contributed by atoms with van der Waals surface area (Å²) >= 11 is 4.86. The van der Waals surface area contributed by atoms with Gasteiger partial charge >= 0.3 is 6.09 Å². The predicted molar refractivity (Wildman–Crippen MR) is 60.2 cm³/mol. The predicted octanol–water partition coefficient (Wildman–Crippen LogP) is 1.43. The number of hydrogen-bond acceptors (Lipinski definition) is 3. The molecule has 0 saturated heterocycles.